The highest BCUT2D eigenvalue weighted by molar-refractivity contribution is 7.86. The number of nitrogens with zero attached hydrogens (tertiary/aromatic N) is 4. The number of hydrogen-bond acceptors (Lipinski definition) is 4. The minimum Gasteiger partial charge on any atom is -0.298 e. The van der Waals surface area contributed by atoms with Gasteiger partial charge in [0.2, 0.25) is 0 Å². The van der Waals surface area contributed by atoms with E-state index in [-0.39, 0.29) is 11.5 Å². The van der Waals surface area contributed by atoms with Gasteiger partial charge in [-0.15, -0.1) is 0 Å². The first-order chi connectivity index (χ1) is 11.4. The molecule has 8 heteroatoms. The largest absolute Gasteiger partial charge is 0.298 e. The van der Waals surface area contributed by atoms with E-state index in [1.807, 2.05) is 18.2 Å². The van der Waals surface area contributed by atoms with Gasteiger partial charge in [0.15, 0.2) is 0 Å². The lowest BCUT2D eigenvalue weighted by atomic mass is 9.98. The van der Waals surface area contributed by atoms with Crippen molar-refractivity contribution in [1.29, 1.82) is 0 Å². The molecule has 2 heterocycles. The summed E-state index contributed by atoms with van der Waals surface area (Å²) in [6, 6.07) is 7.31. The molecule has 2 aromatic rings. The molecule has 0 amide bonds. The molecule has 0 spiro atoms. The third-order valence-electron chi connectivity index (χ3n) is 4.55. The molecule has 0 saturated carbocycles. The molecule has 1 aromatic carbocycles. The van der Waals surface area contributed by atoms with Gasteiger partial charge in [-0.3, -0.25) is 9.36 Å². The number of aromatic nitrogens is 2. The van der Waals surface area contributed by atoms with Gasteiger partial charge in [0.25, 0.3) is 15.8 Å². The van der Waals surface area contributed by atoms with E-state index < -0.39 is 10.2 Å². The zero-order valence-electron chi connectivity index (χ0n) is 13.9. The topological polar surface area (TPSA) is 75.5 Å². The molecular weight excluding hydrogens is 328 g/mol. The maximum atomic E-state index is 12.5. The molecule has 0 aliphatic carbocycles. The highest BCUT2D eigenvalue weighted by Gasteiger charge is 2.29. The van der Waals surface area contributed by atoms with Crippen molar-refractivity contribution in [1.82, 2.24) is 18.2 Å². The van der Waals surface area contributed by atoms with Crippen molar-refractivity contribution in [2.24, 2.45) is 5.92 Å². The molecule has 0 N–H and O–H groups in total. The molecule has 0 unspecified atom stereocenters. The summed E-state index contributed by atoms with van der Waals surface area (Å²) >= 11 is 0. The predicted molar refractivity (Wildman–Crippen MR) is 92.9 cm³/mol. The van der Waals surface area contributed by atoms with Crippen LogP contribution in [0.5, 0.6) is 0 Å². The van der Waals surface area contributed by atoms with E-state index in [9.17, 15) is 13.2 Å². The van der Waals surface area contributed by atoms with E-state index in [1.54, 1.807) is 31.1 Å². The van der Waals surface area contributed by atoms with E-state index in [4.69, 9.17) is 0 Å². The molecule has 1 saturated heterocycles. The summed E-state index contributed by atoms with van der Waals surface area (Å²) in [4.78, 5) is 16.9. The van der Waals surface area contributed by atoms with E-state index in [1.165, 1.54) is 8.61 Å². The molecule has 0 bridgehead atoms. The fourth-order valence-corrected chi connectivity index (χ4v) is 4.20. The fourth-order valence-electron chi connectivity index (χ4n) is 3.07. The second-order valence-electron chi connectivity index (χ2n) is 6.35. The highest BCUT2D eigenvalue weighted by atomic mass is 32.2. The van der Waals surface area contributed by atoms with Gasteiger partial charge in [-0.2, -0.15) is 17.0 Å². The quantitative estimate of drug-likeness (QED) is 0.821. The summed E-state index contributed by atoms with van der Waals surface area (Å²) in [5.41, 5.74) is 0.662. The summed E-state index contributed by atoms with van der Waals surface area (Å²) in [7, 11) is -0.261. The maximum Gasteiger partial charge on any atom is 0.281 e. The number of rotatable bonds is 4. The van der Waals surface area contributed by atoms with Gasteiger partial charge in [0.1, 0.15) is 0 Å². The Morgan fingerprint density at radius 3 is 2.54 bits per heavy atom. The van der Waals surface area contributed by atoms with Crippen LogP contribution in [0.2, 0.25) is 0 Å². The first-order valence-electron chi connectivity index (χ1n) is 8.01. The van der Waals surface area contributed by atoms with Crippen LogP contribution in [0, 0.1) is 5.92 Å². The van der Waals surface area contributed by atoms with Crippen LogP contribution in [-0.2, 0) is 16.8 Å². The number of piperidine rings is 1. The van der Waals surface area contributed by atoms with Crippen molar-refractivity contribution in [3.8, 4) is 0 Å². The molecule has 130 valence electrons. The number of hydrogen-bond donors (Lipinski definition) is 0. The summed E-state index contributed by atoms with van der Waals surface area (Å²) < 4.78 is 28.7. The van der Waals surface area contributed by atoms with Crippen molar-refractivity contribution < 1.29 is 8.42 Å². The van der Waals surface area contributed by atoms with Crippen LogP contribution < -0.4 is 5.56 Å². The van der Waals surface area contributed by atoms with Gasteiger partial charge in [0, 0.05) is 33.7 Å². The lowest BCUT2D eigenvalue weighted by Crippen LogP contribution is -2.45. The lowest BCUT2D eigenvalue weighted by molar-refractivity contribution is 0.242. The molecular formula is C16H22N4O3S. The van der Waals surface area contributed by atoms with Crippen LogP contribution in [0.15, 0.2) is 35.4 Å². The van der Waals surface area contributed by atoms with E-state index in [2.05, 4.69) is 4.98 Å². The predicted octanol–water partition coefficient (Wildman–Crippen LogP) is 0.915. The standard InChI is InChI=1S/C16H22N4O3S/c1-18(2)24(22,23)20-9-7-13(8-10-20)11-19-12-17-15-6-4-3-5-14(15)16(19)21/h3-6,12-13H,7-11H2,1-2H3. The second kappa shape index (κ2) is 6.62. The Kier molecular flexibility index (Phi) is 4.71. The smallest absolute Gasteiger partial charge is 0.281 e. The third kappa shape index (κ3) is 3.22. The van der Waals surface area contributed by atoms with Gasteiger partial charge in [-0.05, 0) is 30.9 Å². The minimum atomic E-state index is -3.35. The molecule has 24 heavy (non-hydrogen) atoms. The second-order valence-corrected chi connectivity index (χ2v) is 8.49. The average Bonchev–Trinajstić information content (AvgIpc) is 2.58. The van der Waals surface area contributed by atoms with Gasteiger partial charge < -0.3 is 0 Å². The van der Waals surface area contributed by atoms with Gasteiger partial charge in [-0.1, -0.05) is 12.1 Å². The Morgan fingerprint density at radius 1 is 1.21 bits per heavy atom. The third-order valence-corrected chi connectivity index (χ3v) is 6.49. The summed E-state index contributed by atoms with van der Waals surface area (Å²) in [6.45, 7) is 1.55. The number of para-hydroxylation sites is 1. The Bertz CT molecular complexity index is 884. The summed E-state index contributed by atoms with van der Waals surface area (Å²) in [6.07, 6.45) is 3.08. The molecule has 0 radical (unpaired) electrons. The van der Waals surface area contributed by atoms with Crippen LogP contribution >= 0.6 is 0 Å². The molecule has 7 nitrogen and oxygen atoms in total. The molecule has 0 atom stereocenters. The number of benzene rings is 1. The molecule has 1 aliphatic heterocycles. The van der Waals surface area contributed by atoms with Crippen LogP contribution in [-0.4, -0.2) is 53.8 Å². The van der Waals surface area contributed by atoms with Crippen LogP contribution in [0.25, 0.3) is 10.9 Å². The normalized spacial score (nSPS) is 17.6. The first kappa shape index (κ1) is 17.1. The Hall–Kier alpha value is -1.77. The van der Waals surface area contributed by atoms with Crippen molar-refractivity contribution in [2.75, 3.05) is 27.2 Å². The average molecular weight is 350 g/mol. The lowest BCUT2D eigenvalue weighted by Gasteiger charge is -2.32. The first-order valence-corrected chi connectivity index (χ1v) is 9.41. The summed E-state index contributed by atoms with van der Waals surface area (Å²) in [5, 5.41) is 0.618. The zero-order chi connectivity index (χ0) is 17.3. The minimum absolute atomic E-state index is 0.0380. The Balaban J connectivity index is 1.71. The molecule has 1 fully saturated rings. The van der Waals surface area contributed by atoms with E-state index in [0.29, 0.717) is 30.5 Å². The maximum absolute atomic E-state index is 12.5. The van der Waals surface area contributed by atoms with Crippen molar-refractivity contribution in [3.05, 3.63) is 40.9 Å². The van der Waals surface area contributed by atoms with Gasteiger partial charge in [0.05, 0.1) is 17.2 Å². The SMILES string of the molecule is CN(C)S(=O)(=O)N1CCC(Cn2cnc3ccccc3c2=O)CC1. The van der Waals surface area contributed by atoms with Gasteiger partial charge in [-0.25, -0.2) is 4.98 Å². The van der Waals surface area contributed by atoms with Crippen molar-refractivity contribution in [3.63, 3.8) is 0 Å². The molecule has 1 aromatic heterocycles. The summed E-state index contributed by atoms with van der Waals surface area (Å²) in [5.74, 6) is 0.277. The van der Waals surface area contributed by atoms with E-state index in [0.717, 1.165) is 12.8 Å². The van der Waals surface area contributed by atoms with Crippen LogP contribution in [0.3, 0.4) is 0 Å². The monoisotopic (exact) mass is 350 g/mol. The van der Waals surface area contributed by atoms with Crippen LogP contribution in [0.4, 0.5) is 0 Å². The Morgan fingerprint density at radius 2 is 1.88 bits per heavy atom. The van der Waals surface area contributed by atoms with Crippen molar-refractivity contribution >= 4 is 21.1 Å². The van der Waals surface area contributed by atoms with Gasteiger partial charge >= 0.3 is 0 Å². The van der Waals surface area contributed by atoms with Crippen LogP contribution in [0.1, 0.15) is 12.8 Å². The molecule has 3 rings (SSSR count). The Labute approximate surface area is 141 Å². The highest BCUT2D eigenvalue weighted by Crippen LogP contribution is 2.21. The number of fused-ring (bicyclic) bond motifs is 1. The van der Waals surface area contributed by atoms with E-state index >= 15 is 0 Å². The fraction of sp³-hybridized carbons (Fsp3) is 0.500. The van der Waals surface area contributed by atoms with Crippen molar-refractivity contribution in [2.45, 2.75) is 19.4 Å². The zero-order valence-corrected chi connectivity index (χ0v) is 14.7. The molecule has 1 aliphatic rings.